The van der Waals surface area contributed by atoms with Crippen molar-refractivity contribution in [1.29, 1.82) is 0 Å². The lowest BCUT2D eigenvalue weighted by Gasteiger charge is -2.09. The lowest BCUT2D eigenvalue weighted by atomic mass is 10.1. The fraction of sp³-hybridized carbons (Fsp3) is 0.0500. The molecule has 0 radical (unpaired) electrons. The molecule has 0 spiro atoms. The van der Waals surface area contributed by atoms with Crippen molar-refractivity contribution in [2.45, 2.75) is 6.54 Å². The summed E-state index contributed by atoms with van der Waals surface area (Å²) in [6, 6.07) is 12.8. The van der Waals surface area contributed by atoms with Gasteiger partial charge in [-0.1, -0.05) is 11.3 Å². The third-order valence-electron chi connectivity index (χ3n) is 4.36. The van der Waals surface area contributed by atoms with Crippen molar-refractivity contribution in [3.05, 3.63) is 65.2 Å². The number of thioether (sulfide) groups is 1. The van der Waals surface area contributed by atoms with Gasteiger partial charge in [-0.15, -0.1) is 0 Å². The van der Waals surface area contributed by atoms with E-state index in [1.54, 1.807) is 24.3 Å². The van der Waals surface area contributed by atoms with Crippen LogP contribution in [-0.4, -0.2) is 21.0 Å². The van der Waals surface area contributed by atoms with Gasteiger partial charge in [-0.3, -0.25) is 14.5 Å². The first kappa shape index (κ1) is 17.8. The Morgan fingerprint density at radius 3 is 2.90 bits per heavy atom. The van der Waals surface area contributed by atoms with Crippen LogP contribution in [-0.2, 0) is 11.3 Å². The van der Waals surface area contributed by atoms with Gasteiger partial charge in [0.15, 0.2) is 5.13 Å². The number of amides is 2. The number of thiazole rings is 1. The highest BCUT2D eigenvalue weighted by Gasteiger charge is 2.35. The van der Waals surface area contributed by atoms with Crippen LogP contribution in [0.15, 0.2) is 62.5 Å². The topological polar surface area (TPSA) is 103 Å². The molecule has 1 saturated heterocycles. The smallest absolute Gasteiger partial charge is 0.293 e. The number of carbonyl (C=O) groups excluding carboxylic acids is 2. The maximum Gasteiger partial charge on any atom is 0.293 e. The van der Waals surface area contributed by atoms with Crippen LogP contribution < -0.4 is 5.73 Å². The van der Waals surface area contributed by atoms with E-state index in [0.717, 1.165) is 32.4 Å². The van der Waals surface area contributed by atoms with Crippen molar-refractivity contribution in [3.63, 3.8) is 0 Å². The number of nitrogen functional groups attached to an aromatic ring is 1. The lowest BCUT2D eigenvalue weighted by Crippen LogP contribution is -2.27. The Labute approximate surface area is 172 Å². The minimum atomic E-state index is -0.367. The number of carbonyl (C=O) groups is 2. The van der Waals surface area contributed by atoms with Gasteiger partial charge in [-0.2, -0.15) is 0 Å². The van der Waals surface area contributed by atoms with Crippen LogP contribution in [0.5, 0.6) is 0 Å². The van der Waals surface area contributed by atoms with Gasteiger partial charge in [0.05, 0.1) is 27.9 Å². The molecule has 0 aliphatic carbocycles. The summed E-state index contributed by atoms with van der Waals surface area (Å²) in [6.07, 6.45) is 3.09. The van der Waals surface area contributed by atoms with E-state index in [0.29, 0.717) is 27.3 Å². The van der Waals surface area contributed by atoms with Gasteiger partial charge in [0.25, 0.3) is 11.1 Å². The van der Waals surface area contributed by atoms with E-state index in [4.69, 9.17) is 14.6 Å². The van der Waals surface area contributed by atoms with E-state index >= 15 is 0 Å². The molecule has 144 valence electrons. The average Bonchev–Trinajstić information content (AvgIpc) is 3.47. The summed E-state index contributed by atoms with van der Waals surface area (Å²) >= 11 is 2.31. The van der Waals surface area contributed by atoms with Gasteiger partial charge in [0, 0.05) is 11.6 Å². The Morgan fingerprint density at radius 2 is 2.07 bits per heavy atom. The zero-order valence-electron chi connectivity index (χ0n) is 14.8. The molecule has 29 heavy (non-hydrogen) atoms. The Balaban J connectivity index is 1.39. The van der Waals surface area contributed by atoms with Gasteiger partial charge in [0.2, 0.25) is 0 Å². The molecule has 1 aliphatic heterocycles. The number of aromatic nitrogens is 1. The van der Waals surface area contributed by atoms with Gasteiger partial charge in [0.1, 0.15) is 17.3 Å². The van der Waals surface area contributed by atoms with Crippen molar-refractivity contribution < 1.29 is 18.4 Å². The first-order valence-electron chi connectivity index (χ1n) is 8.61. The minimum absolute atomic E-state index is 0.106. The molecule has 0 bridgehead atoms. The highest BCUT2D eigenvalue weighted by molar-refractivity contribution is 8.18. The summed E-state index contributed by atoms with van der Waals surface area (Å²) in [5.74, 6) is 1.31. The number of fused-ring (bicyclic) bond motifs is 1. The van der Waals surface area contributed by atoms with Crippen molar-refractivity contribution in [2.24, 2.45) is 0 Å². The second kappa shape index (κ2) is 6.94. The minimum Gasteiger partial charge on any atom is -0.467 e. The van der Waals surface area contributed by atoms with Crippen LogP contribution >= 0.6 is 23.1 Å². The van der Waals surface area contributed by atoms with Gasteiger partial charge in [-0.05, 0) is 54.2 Å². The molecule has 1 fully saturated rings. The summed E-state index contributed by atoms with van der Waals surface area (Å²) < 4.78 is 12.1. The van der Waals surface area contributed by atoms with E-state index in [2.05, 4.69) is 4.98 Å². The van der Waals surface area contributed by atoms with E-state index < -0.39 is 0 Å². The third-order valence-corrected chi connectivity index (χ3v) is 6.13. The molecular weight excluding hydrogens is 410 g/mol. The van der Waals surface area contributed by atoms with Crippen molar-refractivity contribution in [1.82, 2.24) is 9.88 Å². The Bertz CT molecular complexity index is 1270. The Hall–Kier alpha value is -3.30. The maximum absolute atomic E-state index is 12.6. The number of hydrogen-bond donors (Lipinski definition) is 1. The number of anilines is 1. The molecule has 7 nitrogen and oxygen atoms in total. The number of nitrogens with two attached hydrogens (primary N) is 1. The van der Waals surface area contributed by atoms with E-state index in [1.807, 2.05) is 24.3 Å². The summed E-state index contributed by atoms with van der Waals surface area (Å²) in [5.41, 5.74) is 7.42. The number of furan rings is 2. The fourth-order valence-electron chi connectivity index (χ4n) is 3.01. The maximum atomic E-state index is 12.6. The zero-order valence-corrected chi connectivity index (χ0v) is 16.5. The molecule has 3 aromatic heterocycles. The number of hydrogen-bond acceptors (Lipinski definition) is 8. The normalized spacial score (nSPS) is 15.9. The number of nitrogens with zero attached hydrogens (tertiary/aromatic N) is 2. The molecular formula is C20H13N3O4S2. The highest BCUT2D eigenvalue weighted by atomic mass is 32.2. The van der Waals surface area contributed by atoms with Gasteiger partial charge >= 0.3 is 0 Å². The molecule has 0 saturated carbocycles. The molecule has 4 heterocycles. The quantitative estimate of drug-likeness (QED) is 0.462. The highest BCUT2D eigenvalue weighted by Crippen LogP contribution is 2.35. The van der Waals surface area contributed by atoms with Crippen LogP contribution in [0.3, 0.4) is 0 Å². The van der Waals surface area contributed by atoms with Crippen LogP contribution in [0.25, 0.3) is 27.6 Å². The van der Waals surface area contributed by atoms with Crippen LogP contribution in [0.4, 0.5) is 9.93 Å². The Kier molecular flexibility index (Phi) is 4.26. The standard InChI is InChI=1S/C20H13N3O4S2/c21-19-22-14-8-11(3-6-16(14)28-19)15-5-4-12(27-15)9-17-18(24)23(20(25)29-17)10-13-2-1-7-26-13/h1-9H,10H2,(H2,21,22)/b17-9+. The van der Waals surface area contributed by atoms with Gasteiger partial charge in [-0.25, -0.2) is 4.98 Å². The average molecular weight is 423 g/mol. The zero-order chi connectivity index (χ0) is 20.0. The molecule has 2 N–H and O–H groups in total. The molecule has 9 heteroatoms. The first-order chi connectivity index (χ1) is 14.1. The molecule has 1 aliphatic rings. The van der Waals surface area contributed by atoms with E-state index in [-0.39, 0.29) is 17.7 Å². The van der Waals surface area contributed by atoms with Gasteiger partial charge < -0.3 is 14.6 Å². The number of benzene rings is 1. The van der Waals surface area contributed by atoms with E-state index in [1.165, 1.54) is 17.6 Å². The second-order valence-corrected chi connectivity index (χ2v) is 8.34. The van der Waals surface area contributed by atoms with E-state index in [9.17, 15) is 9.59 Å². The Morgan fingerprint density at radius 1 is 1.17 bits per heavy atom. The van der Waals surface area contributed by atoms with Crippen LogP contribution in [0, 0.1) is 0 Å². The lowest BCUT2D eigenvalue weighted by molar-refractivity contribution is -0.123. The van der Waals surface area contributed by atoms with Crippen LogP contribution in [0.2, 0.25) is 0 Å². The molecule has 1 aromatic carbocycles. The molecule has 0 unspecified atom stereocenters. The molecule has 5 rings (SSSR count). The van der Waals surface area contributed by atoms with Crippen molar-refractivity contribution in [3.8, 4) is 11.3 Å². The predicted octanol–water partition coefficient (Wildman–Crippen LogP) is 4.97. The molecule has 2 amide bonds. The third kappa shape index (κ3) is 3.34. The summed E-state index contributed by atoms with van der Waals surface area (Å²) in [5, 5.41) is 0.179. The summed E-state index contributed by atoms with van der Waals surface area (Å²) in [4.78, 5) is 30.5. The fourth-order valence-corrected chi connectivity index (χ4v) is 4.54. The monoisotopic (exact) mass is 423 g/mol. The van der Waals surface area contributed by atoms with Crippen molar-refractivity contribution >= 4 is 55.7 Å². The first-order valence-corrected chi connectivity index (χ1v) is 10.2. The summed E-state index contributed by atoms with van der Waals surface area (Å²) in [7, 11) is 0. The van der Waals surface area contributed by atoms with Crippen LogP contribution in [0.1, 0.15) is 11.5 Å². The number of imide groups is 1. The van der Waals surface area contributed by atoms with Crippen molar-refractivity contribution in [2.75, 3.05) is 5.73 Å². The second-order valence-electron chi connectivity index (χ2n) is 6.28. The molecule has 0 atom stereocenters. The summed E-state index contributed by atoms with van der Waals surface area (Å²) in [6.45, 7) is 0.106. The SMILES string of the molecule is Nc1nc2cc(-c3ccc(/C=C4/SC(=O)N(Cc5ccco5)C4=O)o3)ccc2s1. The predicted molar refractivity (Wildman–Crippen MR) is 112 cm³/mol. The molecule has 4 aromatic rings. The number of rotatable bonds is 4. The largest absolute Gasteiger partial charge is 0.467 e.